The molecule has 162 valence electrons. The molecule has 0 spiro atoms. The third-order valence-corrected chi connectivity index (χ3v) is 6.49. The number of H-pyrrole nitrogens is 1. The zero-order chi connectivity index (χ0) is 21.0. The summed E-state index contributed by atoms with van der Waals surface area (Å²) in [6, 6.07) is 4.42. The fourth-order valence-corrected chi connectivity index (χ4v) is 4.91. The number of fused-ring (bicyclic) bond motifs is 1. The lowest BCUT2D eigenvalue weighted by atomic mass is 9.94. The van der Waals surface area contributed by atoms with E-state index in [0.717, 1.165) is 41.4 Å². The Hall–Kier alpha value is -1.97. The third kappa shape index (κ3) is 5.01. The van der Waals surface area contributed by atoms with Crippen LogP contribution in [-0.2, 0) is 10.9 Å². The first-order chi connectivity index (χ1) is 14.5. The number of nitrogens with zero attached hydrogens (tertiary/aromatic N) is 3. The van der Waals surface area contributed by atoms with Gasteiger partial charge in [0.2, 0.25) is 0 Å². The lowest BCUT2D eigenvalue weighted by Crippen LogP contribution is -2.44. The largest absolute Gasteiger partial charge is 0.434 e. The van der Waals surface area contributed by atoms with Gasteiger partial charge in [-0.3, -0.25) is 4.90 Å². The summed E-state index contributed by atoms with van der Waals surface area (Å²) in [6.07, 6.45) is 6.05. The van der Waals surface area contributed by atoms with E-state index in [1.54, 1.807) is 24.5 Å². The lowest BCUT2D eigenvalue weighted by molar-refractivity contribution is -0.140. The van der Waals surface area contributed by atoms with Crippen LogP contribution >= 0.6 is 11.3 Å². The summed E-state index contributed by atoms with van der Waals surface area (Å²) in [6.45, 7) is 4.25. The first-order valence-corrected chi connectivity index (χ1v) is 11.2. The van der Waals surface area contributed by atoms with Crippen LogP contribution in [0.4, 0.5) is 13.2 Å². The third-order valence-electron chi connectivity index (χ3n) is 5.61. The Labute approximate surface area is 177 Å². The van der Waals surface area contributed by atoms with E-state index in [-0.39, 0.29) is 0 Å². The van der Waals surface area contributed by atoms with Crippen LogP contribution in [0.3, 0.4) is 0 Å². The van der Waals surface area contributed by atoms with E-state index in [9.17, 15) is 13.2 Å². The summed E-state index contributed by atoms with van der Waals surface area (Å²) in [5.41, 5.74) is 0.413. The average molecular weight is 439 g/mol. The quantitative estimate of drug-likeness (QED) is 0.586. The van der Waals surface area contributed by atoms with Gasteiger partial charge in [-0.1, -0.05) is 19.3 Å². The van der Waals surface area contributed by atoms with Gasteiger partial charge in [-0.05, 0) is 25.0 Å². The van der Waals surface area contributed by atoms with Crippen molar-refractivity contribution in [2.24, 2.45) is 0 Å². The SMILES string of the molecule is C1CCC(N2CCOCC2)CC1.FC(F)(F)c1csc(-c2c[nH]c3ncccc23)n1. The number of pyridine rings is 1. The maximum Gasteiger partial charge on any atom is 0.434 e. The minimum atomic E-state index is -4.40. The molecule has 2 fully saturated rings. The molecule has 2 aliphatic rings. The molecule has 0 bridgehead atoms. The van der Waals surface area contributed by atoms with Gasteiger partial charge >= 0.3 is 6.18 Å². The van der Waals surface area contributed by atoms with E-state index >= 15 is 0 Å². The number of rotatable bonds is 2. The van der Waals surface area contributed by atoms with E-state index < -0.39 is 11.9 Å². The van der Waals surface area contributed by atoms with Gasteiger partial charge in [0.15, 0.2) is 5.69 Å². The molecule has 3 aromatic rings. The van der Waals surface area contributed by atoms with E-state index in [4.69, 9.17) is 4.74 Å². The molecular weight excluding hydrogens is 413 g/mol. The molecule has 3 aromatic heterocycles. The zero-order valence-electron chi connectivity index (χ0n) is 16.6. The highest BCUT2D eigenvalue weighted by atomic mass is 32.1. The Kier molecular flexibility index (Phi) is 6.70. The van der Waals surface area contributed by atoms with Crippen molar-refractivity contribution in [3.8, 4) is 10.6 Å². The molecule has 9 heteroatoms. The summed E-state index contributed by atoms with van der Waals surface area (Å²) in [5.74, 6) is 0. The molecule has 0 unspecified atom stereocenters. The first-order valence-electron chi connectivity index (χ1n) is 10.3. The van der Waals surface area contributed by atoms with E-state index in [0.29, 0.717) is 16.2 Å². The van der Waals surface area contributed by atoms with E-state index in [1.807, 2.05) is 0 Å². The predicted molar refractivity (Wildman–Crippen MR) is 111 cm³/mol. The Morgan fingerprint density at radius 2 is 1.90 bits per heavy atom. The van der Waals surface area contributed by atoms with Crippen molar-refractivity contribution < 1.29 is 17.9 Å². The highest BCUT2D eigenvalue weighted by Crippen LogP contribution is 2.35. The van der Waals surface area contributed by atoms with Crippen molar-refractivity contribution in [2.75, 3.05) is 26.3 Å². The lowest BCUT2D eigenvalue weighted by Gasteiger charge is -2.36. The van der Waals surface area contributed by atoms with Crippen LogP contribution in [0.1, 0.15) is 37.8 Å². The normalized spacial score (nSPS) is 18.9. The van der Waals surface area contributed by atoms with Crippen LogP contribution in [0.2, 0.25) is 0 Å². The van der Waals surface area contributed by atoms with Crippen LogP contribution < -0.4 is 0 Å². The van der Waals surface area contributed by atoms with Gasteiger partial charge in [0.1, 0.15) is 10.7 Å². The minimum Gasteiger partial charge on any atom is -0.379 e. The van der Waals surface area contributed by atoms with Gasteiger partial charge in [-0.15, -0.1) is 11.3 Å². The van der Waals surface area contributed by atoms with Crippen LogP contribution in [-0.4, -0.2) is 52.2 Å². The molecule has 0 radical (unpaired) electrons. The highest BCUT2D eigenvalue weighted by molar-refractivity contribution is 7.13. The molecule has 5 rings (SSSR count). The number of aromatic nitrogens is 3. The van der Waals surface area contributed by atoms with Crippen LogP contribution in [0.25, 0.3) is 21.6 Å². The van der Waals surface area contributed by atoms with Crippen molar-refractivity contribution in [1.29, 1.82) is 0 Å². The number of morpholine rings is 1. The van der Waals surface area contributed by atoms with Crippen LogP contribution in [0, 0.1) is 0 Å². The van der Waals surface area contributed by atoms with Gasteiger partial charge in [-0.2, -0.15) is 13.2 Å². The number of aromatic amines is 1. The molecule has 1 N–H and O–H groups in total. The van der Waals surface area contributed by atoms with Crippen molar-refractivity contribution in [3.63, 3.8) is 0 Å². The maximum atomic E-state index is 12.5. The van der Waals surface area contributed by atoms with Crippen molar-refractivity contribution in [1.82, 2.24) is 19.9 Å². The number of hydrogen-bond donors (Lipinski definition) is 1. The van der Waals surface area contributed by atoms with Gasteiger partial charge in [-0.25, -0.2) is 9.97 Å². The topological polar surface area (TPSA) is 54.0 Å². The molecule has 0 aromatic carbocycles. The van der Waals surface area contributed by atoms with Crippen molar-refractivity contribution in [3.05, 3.63) is 35.6 Å². The van der Waals surface area contributed by atoms with Crippen LogP contribution in [0.15, 0.2) is 29.9 Å². The number of thiazole rings is 1. The summed E-state index contributed by atoms with van der Waals surface area (Å²) in [4.78, 5) is 13.2. The number of hydrogen-bond acceptors (Lipinski definition) is 5. The molecule has 1 aliphatic carbocycles. The predicted octanol–water partition coefficient (Wildman–Crippen LogP) is 5.36. The number of halogens is 3. The Bertz CT molecular complexity index is 927. The second-order valence-electron chi connectivity index (χ2n) is 7.58. The van der Waals surface area contributed by atoms with Crippen molar-refractivity contribution in [2.45, 2.75) is 44.3 Å². The molecule has 1 aliphatic heterocycles. The Morgan fingerprint density at radius 1 is 1.13 bits per heavy atom. The monoisotopic (exact) mass is 438 g/mol. The average Bonchev–Trinajstić information content (AvgIpc) is 3.43. The Morgan fingerprint density at radius 3 is 2.60 bits per heavy atom. The summed E-state index contributed by atoms with van der Waals surface area (Å²) in [7, 11) is 0. The molecule has 5 nitrogen and oxygen atoms in total. The Balaban J connectivity index is 0.000000158. The van der Waals surface area contributed by atoms with Gasteiger partial charge in [0.25, 0.3) is 0 Å². The molecule has 4 heterocycles. The van der Waals surface area contributed by atoms with Crippen LogP contribution in [0.5, 0.6) is 0 Å². The summed E-state index contributed by atoms with van der Waals surface area (Å²) >= 11 is 0.970. The van der Waals surface area contributed by atoms with E-state index in [2.05, 4.69) is 19.9 Å². The van der Waals surface area contributed by atoms with Crippen molar-refractivity contribution >= 4 is 22.4 Å². The molecular formula is C21H25F3N4OS. The zero-order valence-corrected chi connectivity index (χ0v) is 17.4. The van der Waals surface area contributed by atoms with Gasteiger partial charge < -0.3 is 9.72 Å². The maximum absolute atomic E-state index is 12.5. The number of nitrogens with one attached hydrogen (secondary N) is 1. The molecule has 0 atom stereocenters. The second kappa shape index (κ2) is 9.45. The number of ether oxygens (including phenoxy) is 1. The first kappa shape index (κ1) is 21.3. The van der Waals surface area contributed by atoms with Gasteiger partial charge in [0.05, 0.1) is 13.2 Å². The fourth-order valence-electron chi connectivity index (χ4n) is 4.05. The van der Waals surface area contributed by atoms with Gasteiger partial charge in [0, 0.05) is 47.9 Å². The molecule has 0 amide bonds. The second-order valence-corrected chi connectivity index (χ2v) is 8.44. The number of alkyl halides is 3. The summed E-state index contributed by atoms with van der Waals surface area (Å²) < 4.78 is 42.8. The fraction of sp³-hybridized carbons (Fsp3) is 0.524. The smallest absolute Gasteiger partial charge is 0.379 e. The molecule has 1 saturated carbocycles. The standard InChI is InChI=1S/C11H6F3N3S.C10H19NO/c12-11(13,14)8-5-18-10(17-8)7-4-16-9-6(7)2-1-3-15-9;1-2-4-10(5-3-1)11-6-8-12-9-7-11/h1-5H,(H,15,16);10H,1-9H2. The molecule has 1 saturated heterocycles. The van der Waals surface area contributed by atoms with E-state index in [1.165, 1.54) is 45.2 Å². The minimum absolute atomic E-state index is 0.335. The summed E-state index contributed by atoms with van der Waals surface area (Å²) in [5, 5.41) is 2.12. The molecule has 30 heavy (non-hydrogen) atoms. The highest BCUT2D eigenvalue weighted by Gasteiger charge is 2.34.